The van der Waals surface area contributed by atoms with Crippen molar-refractivity contribution in [3.05, 3.63) is 54.1 Å². The zero-order chi connectivity index (χ0) is 23.8. The molecule has 7 nitrogen and oxygen atoms in total. The van der Waals surface area contributed by atoms with E-state index in [2.05, 4.69) is 24.5 Å². The first-order valence-electron chi connectivity index (χ1n) is 11.2. The Kier molecular flexibility index (Phi) is 8.82. The number of hydrogen-bond acceptors (Lipinski definition) is 5. The van der Waals surface area contributed by atoms with Crippen LogP contribution in [0.5, 0.6) is 5.75 Å². The lowest BCUT2D eigenvalue weighted by Crippen LogP contribution is -2.34. The summed E-state index contributed by atoms with van der Waals surface area (Å²) < 4.78 is 33.0. The summed E-state index contributed by atoms with van der Waals surface area (Å²) in [5.41, 5.74) is 1.04. The molecule has 1 heterocycles. The lowest BCUT2D eigenvalue weighted by Gasteiger charge is -2.20. The van der Waals surface area contributed by atoms with Crippen LogP contribution in [0, 0.1) is 5.92 Å². The van der Waals surface area contributed by atoms with E-state index in [4.69, 9.17) is 17.0 Å². The molecule has 1 amide bonds. The molecule has 2 N–H and O–H groups in total. The van der Waals surface area contributed by atoms with Gasteiger partial charge in [-0.2, -0.15) is 4.31 Å². The first kappa shape index (κ1) is 25.1. The van der Waals surface area contributed by atoms with E-state index >= 15 is 0 Å². The smallest absolute Gasteiger partial charge is 0.257 e. The van der Waals surface area contributed by atoms with Gasteiger partial charge >= 0.3 is 0 Å². The number of thiocarbonyl (C=S) groups is 1. The molecule has 0 bridgehead atoms. The van der Waals surface area contributed by atoms with Crippen molar-refractivity contribution in [3.63, 3.8) is 0 Å². The number of benzene rings is 2. The molecule has 0 saturated carbocycles. The lowest BCUT2D eigenvalue weighted by molar-refractivity contribution is 0.0977. The SMILES string of the molecule is CC(C)COc1ccc(C(=O)NC(=S)Nc2ccc(S(=O)(=O)N3CCCCCC3)cc2)cc1. The summed E-state index contributed by atoms with van der Waals surface area (Å²) in [5, 5.41) is 5.68. The van der Waals surface area contributed by atoms with Gasteiger partial charge in [-0.15, -0.1) is 0 Å². The van der Waals surface area contributed by atoms with Crippen molar-refractivity contribution in [2.45, 2.75) is 44.4 Å². The van der Waals surface area contributed by atoms with E-state index in [0.717, 1.165) is 25.7 Å². The number of carbonyl (C=O) groups excluding carboxylic acids is 1. The molecule has 0 radical (unpaired) electrons. The molecule has 1 aliphatic heterocycles. The Labute approximate surface area is 201 Å². The minimum absolute atomic E-state index is 0.128. The molecule has 0 spiro atoms. The van der Waals surface area contributed by atoms with Crippen molar-refractivity contribution in [2.24, 2.45) is 5.92 Å². The number of rotatable bonds is 7. The molecule has 1 aliphatic rings. The second-order valence-corrected chi connectivity index (χ2v) is 10.8. The highest BCUT2D eigenvalue weighted by molar-refractivity contribution is 7.89. The van der Waals surface area contributed by atoms with E-state index in [1.807, 2.05) is 0 Å². The molecule has 0 atom stereocenters. The maximum Gasteiger partial charge on any atom is 0.257 e. The monoisotopic (exact) mass is 489 g/mol. The van der Waals surface area contributed by atoms with Crippen LogP contribution < -0.4 is 15.4 Å². The Morgan fingerprint density at radius 3 is 2.18 bits per heavy atom. The van der Waals surface area contributed by atoms with Gasteiger partial charge in [0, 0.05) is 24.3 Å². The van der Waals surface area contributed by atoms with Gasteiger partial charge in [0.05, 0.1) is 11.5 Å². The first-order valence-corrected chi connectivity index (χ1v) is 13.1. The minimum Gasteiger partial charge on any atom is -0.493 e. The van der Waals surface area contributed by atoms with Crippen LogP contribution in [-0.2, 0) is 10.0 Å². The average molecular weight is 490 g/mol. The Hall–Kier alpha value is -2.49. The molecular formula is C24H31N3O4S2. The van der Waals surface area contributed by atoms with Crippen LogP contribution >= 0.6 is 12.2 Å². The van der Waals surface area contributed by atoms with Gasteiger partial charge in [0.2, 0.25) is 10.0 Å². The molecule has 1 fully saturated rings. The number of ether oxygens (including phenoxy) is 1. The van der Waals surface area contributed by atoms with E-state index in [-0.39, 0.29) is 15.9 Å². The maximum absolute atomic E-state index is 12.9. The Bertz CT molecular complexity index is 1040. The number of amides is 1. The van der Waals surface area contributed by atoms with Crippen LogP contribution in [0.15, 0.2) is 53.4 Å². The molecule has 2 aromatic carbocycles. The van der Waals surface area contributed by atoms with Gasteiger partial charge in [-0.3, -0.25) is 10.1 Å². The second kappa shape index (κ2) is 11.6. The summed E-state index contributed by atoms with van der Waals surface area (Å²) >= 11 is 5.24. The minimum atomic E-state index is -3.51. The fourth-order valence-electron chi connectivity index (χ4n) is 3.44. The van der Waals surface area contributed by atoms with E-state index in [1.54, 1.807) is 52.8 Å². The molecule has 0 aromatic heterocycles. The molecule has 0 aliphatic carbocycles. The van der Waals surface area contributed by atoms with Gasteiger partial charge in [-0.1, -0.05) is 26.7 Å². The predicted octanol–water partition coefficient (Wildman–Crippen LogP) is 4.41. The molecule has 3 rings (SSSR count). The normalized spacial score (nSPS) is 15.0. The van der Waals surface area contributed by atoms with Gasteiger partial charge < -0.3 is 10.1 Å². The molecule has 33 heavy (non-hydrogen) atoms. The van der Waals surface area contributed by atoms with Crippen LogP contribution in [0.2, 0.25) is 0 Å². The fraction of sp³-hybridized carbons (Fsp3) is 0.417. The third-order valence-corrected chi connectivity index (χ3v) is 7.36. The molecule has 0 unspecified atom stereocenters. The van der Waals surface area contributed by atoms with E-state index in [9.17, 15) is 13.2 Å². The van der Waals surface area contributed by atoms with Crippen LogP contribution in [0.3, 0.4) is 0 Å². The van der Waals surface area contributed by atoms with Crippen LogP contribution in [-0.4, -0.2) is 43.4 Å². The Morgan fingerprint density at radius 2 is 1.61 bits per heavy atom. The summed E-state index contributed by atoms with van der Waals surface area (Å²) in [6, 6.07) is 13.3. The van der Waals surface area contributed by atoms with Crippen molar-refractivity contribution in [2.75, 3.05) is 25.0 Å². The highest BCUT2D eigenvalue weighted by Gasteiger charge is 2.25. The van der Waals surface area contributed by atoms with Crippen molar-refractivity contribution in [1.82, 2.24) is 9.62 Å². The highest BCUT2D eigenvalue weighted by atomic mass is 32.2. The molecule has 2 aromatic rings. The van der Waals surface area contributed by atoms with Gasteiger partial charge in [0.15, 0.2) is 5.11 Å². The van der Waals surface area contributed by atoms with Crippen molar-refractivity contribution in [1.29, 1.82) is 0 Å². The van der Waals surface area contributed by atoms with Crippen molar-refractivity contribution < 1.29 is 17.9 Å². The number of hydrogen-bond donors (Lipinski definition) is 2. The first-order chi connectivity index (χ1) is 15.8. The zero-order valence-electron chi connectivity index (χ0n) is 19.0. The Balaban J connectivity index is 1.55. The third kappa shape index (κ3) is 7.25. The lowest BCUT2D eigenvalue weighted by atomic mass is 10.2. The van der Waals surface area contributed by atoms with Crippen LogP contribution in [0.4, 0.5) is 5.69 Å². The van der Waals surface area contributed by atoms with Gasteiger partial charge in [-0.25, -0.2) is 8.42 Å². The molecular weight excluding hydrogens is 458 g/mol. The summed E-state index contributed by atoms with van der Waals surface area (Å²) in [6.45, 7) is 5.86. The number of nitrogens with zero attached hydrogens (tertiary/aromatic N) is 1. The molecule has 178 valence electrons. The predicted molar refractivity (Wildman–Crippen MR) is 134 cm³/mol. The molecule has 9 heteroatoms. The summed E-state index contributed by atoms with van der Waals surface area (Å²) in [6.07, 6.45) is 3.91. The zero-order valence-corrected chi connectivity index (χ0v) is 20.7. The fourth-order valence-corrected chi connectivity index (χ4v) is 5.17. The third-order valence-electron chi connectivity index (χ3n) is 5.24. The summed E-state index contributed by atoms with van der Waals surface area (Å²) in [7, 11) is -3.51. The molecule has 1 saturated heterocycles. The number of anilines is 1. The number of carbonyl (C=O) groups is 1. The van der Waals surface area contributed by atoms with Crippen molar-refractivity contribution in [3.8, 4) is 5.75 Å². The standard InChI is InChI=1S/C24H31N3O4S2/c1-18(2)17-31-21-11-7-19(8-12-21)23(28)26-24(32)25-20-9-13-22(14-10-20)33(29,30)27-15-5-3-4-6-16-27/h7-14,18H,3-6,15-17H2,1-2H3,(H2,25,26,28,32). The maximum atomic E-state index is 12.9. The van der Waals surface area contributed by atoms with Crippen LogP contribution in [0.25, 0.3) is 0 Å². The van der Waals surface area contributed by atoms with Gasteiger partial charge in [0.1, 0.15) is 5.75 Å². The van der Waals surface area contributed by atoms with E-state index in [0.29, 0.717) is 42.6 Å². The highest BCUT2D eigenvalue weighted by Crippen LogP contribution is 2.22. The Morgan fingerprint density at radius 1 is 1.00 bits per heavy atom. The van der Waals surface area contributed by atoms with Crippen molar-refractivity contribution >= 4 is 38.9 Å². The summed E-state index contributed by atoms with van der Waals surface area (Å²) in [5.74, 6) is 0.777. The van der Waals surface area contributed by atoms with E-state index in [1.165, 1.54) is 0 Å². The number of nitrogens with one attached hydrogen (secondary N) is 2. The van der Waals surface area contributed by atoms with Gasteiger partial charge in [0.25, 0.3) is 5.91 Å². The van der Waals surface area contributed by atoms with E-state index < -0.39 is 10.0 Å². The number of sulfonamides is 1. The second-order valence-electron chi connectivity index (χ2n) is 8.48. The summed E-state index contributed by atoms with van der Waals surface area (Å²) in [4.78, 5) is 12.7. The quantitative estimate of drug-likeness (QED) is 0.560. The van der Waals surface area contributed by atoms with Gasteiger partial charge in [-0.05, 0) is 79.5 Å². The topological polar surface area (TPSA) is 87.7 Å². The largest absolute Gasteiger partial charge is 0.493 e. The average Bonchev–Trinajstić information content (AvgIpc) is 3.08. The van der Waals surface area contributed by atoms with Crippen LogP contribution in [0.1, 0.15) is 49.9 Å².